The minimum atomic E-state index is -0.261. The molecule has 6 nitrogen and oxygen atoms in total. The number of aliphatic hydroxyl groups is 1. The lowest BCUT2D eigenvalue weighted by molar-refractivity contribution is 0.0709. The predicted octanol–water partition coefficient (Wildman–Crippen LogP) is 1.90. The number of carbonyl (C=O) groups is 1. The minimum Gasteiger partial charge on any atom is -0.436 e. The van der Waals surface area contributed by atoms with E-state index in [1.807, 2.05) is 18.2 Å². The molecular formula is C19H25N3O3. The Morgan fingerprint density at radius 1 is 1.36 bits per heavy atom. The van der Waals surface area contributed by atoms with Gasteiger partial charge in [0.1, 0.15) is 0 Å². The van der Waals surface area contributed by atoms with Gasteiger partial charge in [0.05, 0.1) is 5.69 Å². The number of aryl methyl sites for hydroxylation is 2. The lowest BCUT2D eigenvalue weighted by atomic mass is 9.91. The highest BCUT2D eigenvalue weighted by Crippen LogP contribution is 2.20. The van der Waals surface area contributed by atoms with Crippen LogP contribution >= 0.6 is 0 Å². The Bertz CT molecular complexity index is 714. The predicted molar refractivity (Wildman–Crippen MR) is 94.1 cm³/mol. The molecule has 2 N–H and O–H groups in total. The number of nitrogens with one attached hydrogen (secondary N) is 1. The number of hydrogen-bond acceptors (Lipinski definition) is 5. The average molecular weight is 343 g/mol. The Kier molecular flexibility index (Phi) is 5.50. The zero-order valence-electron chi connectivity index (χ0n) is 14.7. The monoisotopic (exact) mass is 343 g/mol. The molecule has 0 aliphatic carbocycles. The third kappa shape index (κ3) is 4.27. The third-order valence-corrected chi connectivity index (χ3v) is 4.75. The highest BCUT2D eigenvalue weighted by molar-refractivity contribution is 5.92. The van der Waals surface area contributed by atoms with Gasteiger partial charge in [0.2, 0.25) is 5.76 Å². The van der Waals surface area contributed by atoms with Gasteiger partial charge in [0.25, 0.3) is 5.91 Å². The largest absolute Gasteiger partial charge is 0.436 e. The number of oxazole rings is 1. The van der Waals surface area contributed by atoms with Crippen LogP contribution in [-0.2, 0) is 6.54 Å². The molecule has 0 bridgehead atoms. The zero-order valence-corrected chi connectivity index (χ0v) is 14.7. The molecule has 3 rings (SSSR count). The molecule has 1 saturated heterocycles. The first-order valence-corrected chi connectivity index (χ1v) is 8.69. The van der Waals surface area contributed by atoms with Crippen LogP contribution in [0.15, 0.2) is 34.7 Å². The highest BCUT2D eigenvalue weighted by Gasteiger charge is 2.31. The molecule has 0 radical (unpaired) electrons. The van der Waals surface area contributed by atoms with Crippen molar-refractivity contribution in [2.24, 2.45) is 5.92 Å². The van der Waals surface area contributed by atoms with E-state index in [-0.39, 0.29) is 30.2 Å². The Hall–Kier alpha value is -2.18. The maximum atomic E-state index is 12.5. The molecular weight excluding hydrogens is 318 g/mol. The van der Waals surface area contributed by atoms with Gasteiger partial charge in [0.15, 0.2) is 5.89 Å². The molecule has 1 fully saturated rings. The van der Waals surface area contributed by atoms with Crippen LogP contribution in [0.25, 0.3) is 0 Å². The summed E-state index contributed by atoms with van der Waals surface area (Å²) >= 11 is 0. The number of nitrogens with zero attached hydrogens (tertiary/aromatic N) is 2. The molecule has 1 amide bonds. The van der Waals surface area contributed by atoms with Gasteiger partial charge in [0, 0.05) is 38.6 Å². The van der Waals surface area contributed by atoms with Crippen molar-refractivity contribution in [1.29, 1.82) is 0 Å². The first-order chi connectivity index (χ1) is 12.1. The minimum absolute atomic E-state index is 0.0558. The SMILES string of the molecule is Cc1nc(C)c(C(=O)NC2CN(Cc3ccccc3)CCC2CO)o1. The summed E-state index contributed by atoms with van der Waals surface area (Å²) in [6.45, 7) is 6.01. The second-order valence-corrected chi connectivity index (χ2v) is 6.68. The quantitative estimate of drug-likeness (QED) is 0.867. The van der Waals surface area contributed by atoms with Gasteiger partial charge < -0.3 is 14.8 Å². The van der Waals surface area contributed by atoms with E-state index in [1.54, 1.807) is 13.8 Å². The Balaban J connectivity index is 1.66. The van der Waals surface area contributed by atoms with Crippen LogP contribution in [0.4, 0.5) is 0 Å². The molecule has 2 aromatic rings. The van der Waals surface area contributed by atoms with Gasteiger partial charge in [-0.2, -0.15) is 0 Å². The maximum Gasteiger partial charge on any atom is 0.289 e. The fourth-order valence-electron chi connectivity index (χ4n) is 3.41. The van der Waals surface area contributed by atoms with Crippen LogP contribution in [0.3, 0.4) is 0 Å². The molecule has 6 heteroatoms. The Labute approximate surface area is 147 Å². The molecule has 1 aliphatic rings. The summed E-state index contributed by atoms with van der Waals surface area (Å²) in [7, 11) is 0. The Morgan fingerprint density at radius 3 is 2.76 bits per heavy atom. The van der Waals surface area contributed by atoms with Crippen LogP contribution in [0.1, 0.15) is 34.1 Å². The van der Waals surface area contributed by atoms with Gasteiger partial charge in [-0.1, -0.05) is 30.3 Å². The van der Waals surface area contributed by atoms with E-state index >= 15 is 0 Å². The average Bonchev–Trinajstić information content (AvgIpc) is 2.94. The normalized spacial score (nSPS) is 21.2. The van der Waals surface area contributed by atoms with Crippen LogP contribution in [-0.4, -0.2) is 46.6 Å². The number of carbonyl (C=O) groups excluding carboxylic acids is 1. The summed E-state index contributed by atoms with van der Waals surface area (Å²) in [5.74, 6) is 0.536. The number of hydrogen-bond donors (Lipinski definition) is 2. The molecule has 1 aromatic carbocycles. The van der Waals surface area contributed by atoms with Crippen molar-refractivity contribution in [1.82, 2.24) is 15.2 Å². The number of piperidine rings is 1. The van der Waals surface area contributed by atoms with Gasteiger partial charge in [-0.3, -0.25) is 9.69 Å². The van der Waals surface area contributed by atoms with Crippen molar-refractivity contribution < 1.29 is 14.3 Å². The maximum absolute atomic E-state index is 12.5. The number of aliphatic hydroxyl groups excluding tert-OH is 1. The topological polar surface area (TPSA) is 78.6 Å². The summed E-state index contributed by atoms with van der Waals surface area (Å²) in [4.78, 5) is 19.0. The molecule has 2 unspecified atom stereocenters. The first kappa shape index (κ1) is 17.6. The second kappa shape index (κ2) is 7.80. The van der Waals surface area contributed by atoms with E-state index in [1.165, 1.54) is 5.56 Å². The van der Waals surface area contributed by atoms with Crippen LogP contribution in [0.5, 0.6) is 0 Å². The number of benzene rings is 1. The molecule has 1 aromatic heterocycles. The first-order valence-electron chi connectivity index (χ1n) is 8.69. The molecule has 134 valence electrons. The smallest absolute Gasteiger partial charge is 0.289 e. The van der Waals surface area contributed by atoms with E-state index in [0.717, 1.165) is 19.5 Å². The lowest BCUT2D eigenvalue weighted by Crippen LogP contribution is -2.53. The van der Waals surface area contributed by atoms with Crippen LogP contribution < -0.4 is 5.32 Å². The van der Waals surface area contributed by atoms with E-state index < -0.39 is 0 Å². The van der Waals surface area contributed by atoms with Crippen molar-refractivity contribution in [3.63, 3.8) is 0 Å². The molecule has 1 aliphatic heterocycles. The van der Waals surface area contributed by atoms with Gasteiger partial charge in [-0.15, -0.1) is 0 Å². The summed E-state index contributed by atoms with van der Waals surface area (Å²) in [6, 6.07) is 10.2. The standard InChI is InChI=1S/C19H25N3O3/c1-13-18(25-14(2)20-13)19(24)21-17-11-22(9-8-16(17)12-23)10-15-6-4-3-5-7-15/h3-7,16-17,23H,8-12H2,1-2H3,(H,21,24). The van der Waals surface area contributed by atoms with Gasteiger partial charge >= 0.3 is 0 Å². The summed E-state index contributed by atoms with van der Waals surface area (Å²) in [5, 5.41) is 12.7. The molecule has 25 heavy (non-hydrogen) atoms. The van der Waals surface area contributed by atoms with Crippen LogP contribution in [0.2, 0.25) is 0 Å². The van der Waals surface area contributed by atoms with Crippen molar-refractivity contribution in [3.05, 3.63) is 53.2 Å². The van der Waals surface area contributed by atoms with E-state index in [0.29, 0.717) is 18.1 Å². The fraction of sp³-hybridized carbons (Fsp3) is 0.474. The van der Waals surface area contributed by atoms with Crippen molar-refractivity contribution in [3.8, 4) is 0 Å². The number of aromatic nitrogens is 1. The molecule has 2 heterocycles. The van der Waals surface area contributed by atoms with Gasteiger partial charge in [-0.25, -0.2) is 4.98 Å². The van der Waals surface area contributed by atoms with Crippen molar-refractivity contribution >= 4 is 5.91 Å². The fourth-order valence-corrected chi connectivity index (χ4v) is 3.41. The summed E-state index contributed by atoms with van der Waals surface area (Å²) in [5.41, 5.74) is 1.84. The summed E-state index contributed by atoms with van der Waals surface area (Å²) < 4.78 is 5.41. The lowest BCUT2D eigenvalue weighted by Gasteiger charge is -2.38. The van der Waals surface area contributed by atoms with Gasteiger partial charge in [-0.05, 0) is 25.5 Å². The van der Waals surface area contributed by atoms with E-state index in [2.05, 4.69) is 27.3 Å². The van der Waals surface area contributed by atoms with E-state index in [9.17, 15) is 9.90 Å². The molecule has 2 atom stereocenters. The van der Waals surface area contributed by atoms with E-state index in [4.69, 9.17) is 4.42 Å². The van der Waals surface area contributed by atoms with Crippen molar-refractivity contribution in [2.45, 2.75) is 32.9 Å². The van der Waals surface area contributed by atoms with Crippen LogP contribution in [0, 0.1) is 19.8 Å². The third-order valence-electron chi connectivity index (χ3n) is 4.75. The number of rotatable bonds is 5. The Morgan fingerprint density at radius 2 is 2.12 bits per heavy atom. The second-order valence-electron chi connectivity index (χ2n) is 6.68. The summed E-state index contributed by atoms with van der Waals surface area (Å²) in [6.07, 6.45) is 0.850. The van der Waals surface area contributed by atoms with Crippen molar-refractivity contribution in [2.75, 3.05) is 19.7 Å². The highest BCUT2D eigenvalue weighted by atomic mass is 16.4. The molecule has 0 saturated carbocycles. The number of likely N-dealkylation sites (tertiary alicyclic amines) is 1. The number of amides is 1. The zero-order chi connectivity index (χ0) is 17.8. The molecule has 0 spiro atoms.